The lowest BCUT2D eigenvalue weighted by atomic mass is 9.94. The van der Waals surface area contributed by atoms with Crippen LogP contribution >= 0.6 is 11.3 Å². The summed E-state index contributed by atoms with van der Waals surface area (Å²) in [7, 11) is 0. The summed E-state index contributed by atoms with van der Waals surface area (Å²) in [5.41, 5.74) is 11.4. The van der Waals surface area contributed by atoms with Gasteiger partial charge in [0, 0.05) is 17.5 Å². The summed E-state index contributed by atoms with van der Waals surface area (Å²) >= 11 is 1.67. The molecular formula is C25H19N3S. The summed E-state index contributed by atoms with van der Waals surface area (Å²) in [6.45, 7) is 0. The molecule has 2 heterocycles. The average molecular weight is 394 g/mol. The van der Waals surface area contributed by atoms with Gasteiger partial charge in [-0.05, 0) is 27.8 Å². The maximum atomic E-state index is 6.19. The average Bonchev–Trinajstić information content (AvgIpc) is 3.30. The molecule has 5 aromatic rings. The predicted octanol–water partition coefficient (Wildman–Crippen LogP) is 6.20. The predicted molar refractivity (Wildman–Crippen MR) is 122 cm³/mol. The van der Waals surface area contributed by atoms with Crippen molar-refractivity contribution in [2.45, 2.75) is 6.42 Å². The normalized spacial score (nSPS) is 11.0. The third-order valence-corrected chi connectivity index (χ3v) is 5.92. The van der Waals surface area contributed by atoms with Crippen LogP contribution in [0.4, 0.5) is 5.95 Å². The first-order valence-corrected chi connectivity index (χ1v) is 10.4. The standard InChI is InChI=1S/C25H19N3S/c26-25-27-23(20-13-6-11-18-10-4-5-12-19(18)20)21(16-17-8-2-1-3-9-17)24(28-25)22-14-7-15-29-22/h1-15H,16H2,(H2,26,27,28). The Morgan fingerprint density at radius 1 is 0.724 bits per heavy atom. The Hall–Kier alpha value is -3.50. The number of hydrogen-bond donors (Lipinski definition) is 1. The summed E-state index contributed by atoms with van der Waals surface area (Å²) in [6.07, 6.45) is 0.743. The number of rotatable bonds is 4. The van der Waals surface area contributed by atoms with E-state index < -0.39 is 0 Å². The summed E-state index contributed by atoms with van der Waals surface area (Å²) in [5.74, 6) is 0.299. The topological polar surface area (TPSA) is 51.8 Å². The number of thiophene rings is 1. The Bertz CT molecular complexity index is 1270. The van der Waals surface area contributed by atoms with E-state index in [2.05, 4.69) is 83.2 Å². The van der Waals surface area contributed by atoms with Crippen molar-refractivity contribution in [1.82, 2.24) is 9.97 Å². The van der Waals surface area contributed by atoms with Gasteiger partial charge in [0.1, 0.15) is 0 Å². The van der Waals surface area contributed by atoms with Crippen LogP contribution in [-0.2, 0) is 6.42 Å². The zero-order valence-electron chi connectivity index (χ0n) is 15.7. The van der Waals surface area contributed by atoms with E-state index >= 15 is 0 Å². The molecule has 0 spiro atoms. The second-order valence-electron chi connectivity index (χ2n) is 6.92. The molecule has 0 saturated carbocycles. The van der Waals surface area contributed by atoms with Crippen molar-refractivity contribution in [2.75, 3.05) is 5.73 Å². The zero-order chi connectivity index (χ0) is 19.6. The lowest BCUT2D eigenvalue weighted by Gasteiger charge is -2.16. The van der Waals surface area contributed by atoms with E-state index in [4.69, 9.17) is 10.7 Å². The van der Waals surface area contributed by atoms with Crippen molar-refractivity contribution in [3.05, 3.63) is 101 Å². The van der Waals surface area contributed by atoms with Crippen LogP contribution in [0.2, 0.25) is 0 Å². The molecule has 3 nitrogen and oxygen atoms in total. The zero-order valence-corrected chi connectivity index (χ0v) is 16.6. The molecule has 0 aliphatic carbocycles. The Labute approximate surface area is 173 Å². The molecule has 2 aromatic heterocycles. The number of nitrogen functional groups attached to an aromatic ring is 1. The molecule has 0 saturated heterocycles. The molecule has 29 heavy (non-hydrogen) atoms. The minimum Gasteiger partial charge on any atom is -0.368 e. The molecular weight excluding hydrogens is 374 g/mol. The fraction of sp³-hybridized carbons (Fsp3) is 0.0400. The van der Waals surface area contributed by atoms with Crippen molar-refractivity contribution in [2.24, 2.45) is 0 Å². The highest BCUT2D eigenvalue weighted by Crippen LogP contribution is 2.37. The molecule has 0 aliphatic heterocycles. The van der Waals surface area contributed by atoms with Gasteiger partial charge >= 0.3 is 0 Å². The molecule has 0 bridgehead atoms. The van der Waals surface area contributed by atoms with Gasteiger partial charge in [-0.15, -0.1) is 11.3 Å². The SMILES string of the molecule is Nc1nc(-c2cccs2)c(Cc2ccccc2)c(-c2cccc3ccccc23)n1. The summed E-state index contributed by atoms with van der Waals surface area (Å²) in [5, 5.41) is 4.42. The fourth-order valence-electron chi connectivity index (χ4n) is 3.74. The van der Waals surface area contributed by atoms with E-state index in [1.165, 1.54) is 16.3 Å². The monoisotopic (exact) mass is 393 g/mol. The highest BCUT2D eigenvalue weighted by atomic mass is 32.1. The van der Waals surface area contributed by atoms with E-state index in [0.717, 1.165) is 33.8 Å². The van der Waals surface area contributed by atoms with E-state index in [0.29, 0.717) is 5.95 Å². The number of nitrogens with two attached hydrogens (primary N) is 1. The first kappa shape index (κ1) is 17.6. The Kier molecular flexibility index (Phi) is 4.54. The van der Waals surface area contributed by atoms with Crippen LogP contribution in [0.5, 0.6) is 0 Å². The lowest BCUT2D eigenvalue weighted by Crippen LogP contribution is -2.05. The number of hydrogen-bond acceptors (Lipinski definition) is 4. The van der Waals surface area contributed by atoms with E-state index in [1.54, 1.807) is 11.3 Å². The third-order valence-electron chi connectivity index (χ3n) is 5.05. The molecule has 5 rings (SSSR count). The van der Waals surface area contributed by atoms with Gasteiger partial charge in [0.25, 0.3) is 0 Å². The van der Waals surface area contributed by atoms with Crippen molar-refractivity contribution >= 4 is 28.1 Å². The lowest BCUT2D eigenvalue weighted by molar-refractivity contribution is 1.10. The van der Waals surface area contributed by atoms with E-state index in [-0.39, 0.29) is 0 Å². The Balaban J connectivity index is 1.80. The third kappa shape index (κ3) is 3.39. The minimum absolute atomic E-state index is 0.299. The van der Waals surface area contributed by atoms with Gasteiger partial charge in [0.15, 0.2) is 0 Å². The van der Waals surface area contributed by atoms with Crippen LogP contribution in [0.1, 0.15) is 11.1 Å². The largest absolute Gasteiger partial charge is 0.368 e. The van der Waals surface area contributed by atoms with Crippen LogP contribution in [0.25, 0.3) is 32.6 Å². The number of benzene rings is 3. The van der Waals surface area contributed by atoms with Crippen LogP contribution in [0.3, 0.4) is 0 Å². The Morgan fingerprint density at radius 2 is 1.48 bits per heavy atom. The molecule has 0 fully saturated rings. The van der Waals surface area contributed by atoms with Gasteiger partial charge in [0.05, 0.1) is 16.3 Å². The smallest absolute Gasteiger partial charge is 0.221 e. The van der Waals surface area contributed by atoms with Crippen molar-refractivity contribution < 1.29 is 0 Å². The van der Waals surface area contributed by atoms with Gasteiger partial charge in [-0.25, -0.2) is 9.97 Å². The molecule has 140 valence electrons. The molecule has 3 aromatic carbocycles. The summed E-state index contributed by atoms with van der Waals surface area (Å²) < 4.78 is 0. The summed E-state index contributed by atoms with van der Waals surface area (Å²) in [6, 6.07) is 29.3. The molecule has 0 atom stereocenters. The van der Waals surface area contributed by atoms with Crippen molar-refractivity contribution in [3.63, 3.8) is 0 Å². The molecule has 2 N–H and O–H groups in total. The van der Waals surface area contributed by atoms with Crippen LogP contribution in [0.15, 0.2) is 90.3 Å². The number of anilines is 1. The maximum Gasteiger partial charge on any atom is 0.221 e. The first-order valence-electron chi connectivity index (χ1n) is 9.52. The Morgan fingerprint density at radius 3 is 2.31 bits per heavy atom. The fourth-order valence-corrected chi connectivity index (χ4v) is 4.48. The second-order valence-corrected chi connectivity index (χ2v) is 7.87. The number of aromatic nitrogens is 2. The molecule has 0 amide bonds. The van der Waals surface area contributed by atoms with E-state index in [9.17, 15) is 0 Å². The van der Waals surface area contributed by atoms with Gasteiger partial charge in [-0.3, -0.25) is 0 Å². The summed E-state index contributed by atoms with van der Waals surface area (Å²) in [4.78, 5) is 10.5. The van der Waals surface area contributed by atoms with Crippen molar-refractivity contribution in [3.8, 4) is 21.8 Å². The van der Waals surface area contributed by atoms with E-state index in [1.807, 2.05) is 12.1 Å². The highest BCUT2D eigenvalue weighted by molar-refractivity contribution is 7.13. The molecule has 0 radical (unpaired) electrons. The highest BCUT2D eigenvalue weighted by Gasteiger charge is 2.19. The van der Waals surface area contributed by atoms with Gasteiger partial charge in [0.2, 0.25) is 5.95 Å². The quantitative estimate of drug-likeness (QED) is 0.395. The molecule has 4 heteroatoms. The van der Waals surface area contributed by atoms with Gasteiger partial charge in [-0.2, -0.15) is 0 Å². The van der Waals surface area contributed by atoms with Crippen LogP contribution in [0, 0.1) is 0 Å². The number of fused-ring (bicyclic) bond motifs is 1. The number of nitrogens with zero attached hydrogens (tertiary/aromatic N) is 2. The molecule has 0 unspecified atom stereocenters. The second kappa shape index (κ2) is 7.49. The minimum atomic E-state index is 0.299. The van der Waals surface area contributed by atoms with Gasteiger partial charge in [-0.1, -0.05) is 78.9 Å². The van der Waals surface area contributed by atoms with Crippen LogP contribution in [-0.4, -0.2) is 9.97 Å². The van der Waals surface area contributed by atoms with Gasteiger partial charge < -0.3 is 5.73 Å². The molecule has 0 aliphatic rings. The van der Waals surface area contributed by atoms with Crippen molar-refractivity contribution in [1.29, 1.82) is 0 Å². The maximum absolute atomic E-state index is 6.19. The first-order chi connectivity index (χ1) is 14.3. The van der Waals surface area contributed by atoms with Crippen LogP contribution < -0.4 is 5.73 Å².